The molecule has 2 heterocycles. The Balaban J connectivity index is 2.04. The van der Waals surface area contributed by atoms with Crippen LogP contribution in [0.15, 0.2) is 0 Å². The maximum Gasteiger partial charge on any atom is 0.202 e. The predicted octanol–water partition coefficient (Wildman–Crippen LogP) is 2.95. The van der Waals surface area contributed by atoms with E-state index >= 15 is 0 Å². The number of aromatic nitrogens is 4. The van der Waals surface area contributed by atoms with Gasteiger partial charge in [0.25, 0.3) is 0 Å². The highest BCUT2D eigenvalue weighted by Crippen LogP contribution is 2.32. The molecular weight excluding hydrogens is 238 g/mol. The standard InChI is InChI=1S/C14H23N5/c1-10-12-13(18(2)17-10)19(14(15)16-12)11-8-6-4-3-5-7-9-11/h11H,3-9H2,1-2H3,(H2,15,16). The lowest BCUT2D eigenvalue weighted by Crippen LogP contribution is -2.15. The molecular formula is C14H23N5. The Labute approximate surface area is 113 Å². The van der Waals surface area contributed by atoms with Gasteiger partial charge in [-0.15, -0.1) is 0 Å². The van der Waals surface area contributed by atoms with Crippen molar-refractivity contribution in [1.82, 2.24) is 19.3 Å². The molecule has 2 aromatic heterocycles. The second-order valence-electron chi connectivity index (χ2n) is 5.72. The monoisotopic (exact) mass is 261 g/mol. The van der Waals surface area contributed by atoms with E-state index in [9.17, 15) is 0 Å². The number of aryl methyl sites for hydroxylation is 2. The van der Waals surface area contributed by atoms with Crippen LogP contribution in [0.25, 0.3) is 11.2 Å². The number of hydrogen-bond acceptors (Lipinski definition) is 3. The van der Waals surface area contributed by atoms with Crippen molar-refractivity contribution in [1.29, 1.82) is 0 Å². The summed E-state index contributed by atoms with van der Waals surface area (Å²) < 4.78 is 4.15. The minimum Gasteiger partial charge on any atom is -0.369 e. The van der Waals surface area contributed by atoms with Gasteiger partial charge in [-0.25, -0.2) is 4.98 Å². The van der Waals surface area contributed by atoms with Crippen LogP contribution in [0, 0.1) is 6.92 Å². The lowest BCUT2D eigenvalue weighted by atomic mass is 9.96. The largest absolute Gasteiger partial charge is 0.369 e. The zero-order valence-electron chi connectivity index (χ0n) is 11.9. The number of nitrogen functional groups attached to an aromatic ring is 1. The molecule has 5 heteroatoms. The van der Waals surface area contributed by atoms with Crippen LogP contribution >= 0.6 is 0 Å². The Hall–Kier alpha value is -1.52. The minimum absolute atomic E-state index is 0.486. The first-order chi connectivity index (χ1) is 9.18. The van der Waals surface area contributed by atoms with E-state index < -0.39 is 0 Å². The van der Waals surface area contributed by atoms with Gasteiger partial charge in [-0.2, -0.15) is 5.10 Å². The van der Waals surface area contributed by atoms with Crippen molar-refractivity contribution in [3.63, 3.8) is 0 Å². The molecule has 1 fully saturated rings. The molecule has 0 amide bonds. The zero-order chi connectivity index (χ0) is 13.4. The van der Waals surface area contributed by atoms with Crippen LogP contribution in [0.3, 0.4) is 0 Å². The van der Waals surface area contributed by atoms with E-state index in [1.165, 1.54) is 44.9 Å². The van der Waals surface area contributed by atoms with Crippen molar-refractivity contribution in [3.8, 4) is 0 Å². The number of rotatable bonds is 1. The molecule has 1 saturated carbocycles. The smallest absolute Gasteiger partial charge is 0.202 e. The van der Waals surface area contributed by atoms with Crippen LogP contribution in [0.4, 0.5) is 5.95 Å². The molecule has 0 bridgehead atoms. The SMILES string of the molecule is Cc1nn(C)c2c1nc(N)n2C1CCCCCCC1. The van der Waals surface area contributed by atoms with Gasteiger partial charge in [0.1, 0.15) is 5.52 Å². The fourth-order valence-electron chi connectivity index (χ4n) is 3.37. The highest BCUT2D eigenvalue weighted by atomic mass is 15.4. The van der Waals surface area contributed by atoms with E-state index in [0.29, 0.717) is 12.0 Å². The Bertz CT molecular complexity index is 572. The quantitative estimate of drug-likeness (QED) is 0.858. The first kappa shape index (κ1) is 12.5. The molecule has 0 atom stereocenters. The topological polar surface area (TPSA) is 61.7 Å². The van der Waals surface area contributed by atoms with Crippen molar-refractivity contribution in [3.05, 3.63) is 5.69 Å². The minimum atomic E-state index is 0.486. The molecule has 2 aromatic rings. The number of fused-ring (bicyclic) bond motifs is 1. The molecule has 0 spiro atoms. The molecule has 0 unspecified atom stereocenters. The van der Waals surface area contributed by atoms with Crippen molar-refractivity contribution in [2.45, 2.75) is 57.9 Å². The van der Waals surface area contributed by atoms with E-state index in [4.69, 9.17) is 5.73 Å². The van der Waals surface area contributed by atoms with Crippen LogP contribution in [0.2, 0.25) is 0 Å². The third-order valence-corrected chi connectivity index (χ3v) is 4.30. The Morgan fingerprint density at radius 2 is 1.74 bits per heavy atom. The van der Waals surface area contributed by atoms with Crippen molar-refractivity contribution in [2.75, 3.05) is 5.73 Å². The van der Waals surface area contributed by atoms with Gasteiger partial charge in [-0.3, -0.25) is 9.25 Å². The highest BCUT2D eigenvalue weighted by Gasteiger charge is 2.22. The summed E-state index contributed by atoms with van der Waals surface area (Å²) in [5.41, 5.74) is 9.18. The summed E-state index contributed by atoms with van der Waals surface area (Å²) in [6.07, 6.45) is 9.07. The number of imidazole rings is 1. The maximum absolute atomic E-state index is 6.17. The maximum atomic E-state index is 6.17. The normalized spacial score (nSPS) is 18.6. The third kappa shape index (κ3) is 2.11. The molecule has 0 aromatic carbocycles. The molecule has 0 saturated heterocycles. The molecule has 1 aliphatic rings. The fraction of sp³-hybridized carbons (Fsp3) is 0.714. The molecule has 19 heavy (non-hydrogen) atoms. The summed E-state index contributed by atoms with van der Waals surface area (Å²) in [6.45, 7) is 2.00. The second-order valence-corrected chi connectivity index (χ2v) is 5.72. The molecule has 3 rings (SSSR count). The van der Waals surface area contributed by atoms with Gasteiger partial charge >= 0.3 is 0 Å². The molecule has 1 aliphatic carbocycles. The summed E-state index contributed by atoms with van der Waals surface area (Å²) >= 11 is 0. The van der Waals surface area contributed by atoms with Gasteiger partial charge in [-0.05, 0) is 19.8 Å². The number of anilines is 1. The first-order valence-electron chi connectivity index (χ1n) is 7.35. The third-order valence-electron chi connectivity index (χ3n) is 4.30. The highest BCUT2D eigenvalue weighted by molar-refractivity contribution is 5.77. The summed E-state index contributed by atoms with van der Waals surface area (Å²) in [5.74, 6) is 0.650. The van der Waals surface area contributed by atoms with E-state index in [1.54, 1.807) is 0 Å². The summed E-state index contributed by atoms with van der Waals surface area (Å²) in [5, 5.41) is 4.47. The van der Waals surface area contributed by atoms with E-state index in [-0.39, 0.29) is 0 Å². The van der Waals surface area contributed by atoms with Crippen LogP contribution in [0.1, 0.15) is 56.7 Å². The van der Waals surface area contributed by atoms with Crippen LogP contribution in [-0.4, -0.2) is 19.3 Å². The van der Waals surface area contributed by atoms with Crippen LogP contribution in [-0.2, 0) is 7.05 Å². The van der Waals surface area contributed by atoms with Gasteiger partial charge in [0.05, 0.1) is 5.69 Å². The van der Waals surface area contributed by atoms with Crippen LogP contribution < -0.4 is 5.73 Å². The van der Waals surface area contributed by atoms with E-state index in [2.05, 4.69) is 14.6 Å². The first-order valence-corrected chi connectivity index (χ1v) is 7.35. The lowest BCUT2D eigenvalue weighted by molar-refractivity contribution is 0.378. The predicted molar refractivity (Wildman–Crippen MR) is 77.0 cm³/mol. The fourth-order valence-corrected chi connectivity index (χ4v) is 3.37. The van der Waals surface area contributed by atoms with Crippen molar-refractivity contribution >= 4 is 17.1 Å². The molecule has 5 nitrogen and oxygen atoms in total. The van der Waals surface area contributed by atoms with Gasteiger partial charge in [0.2, 0.25) is 5.95 Å². The average molecular weight is 261 g/mol. The Morgan fingerprint density at radius 3 is 2.42 bits per heavy atom. The van der Waals surface area contributed by atoms with Crippen molar-refractivity contribution in [2.24, 2.45) is 7.05 Å². The van der Waals surface area contributed by atoms with Gasteiger partial charge in [-0.1, -0.05) is 32.1 Å². The van der Waals surface area contributed by atoms with E-state index in [0.717, 1.165) is 16.9 Å². The van der Waals surface area contributed by atoms with Gasteiger partial charge in [0.15, 0.2) is 5.65 Å². The van der Waals surface area contributed by atoms with E-state index in [1.807, 2.05) is 18.7 Å². The number of hydrogen-bond donors (Lipinski definition) is 1. The number of nitrogens with zero attached hydrogens (tertiary/aromatic N) is 4. The summed E-state index contributed by atoms with van der Waals surface area (Å²) in [6, 6.07) is 0.486. The zero-order valence-corrected chi connectivity index (χ0v) is 11.9. The van der Waals surface area contributed by atoms with Crippen molar-refractivity contribution < 1.29 is 0 Å². The number of nitrogens with two attached hydrogens (primary N) is 1. The molecule has 2 N–H and O–H groups in total. The molecule has 0 radical (unpaired) electrons. The van der Waals surface area contributed by atoms with Gasteiger partial charge < -0.3 is 5.73 Å². The second kappa shape index (κ2) is 4.87. The lowest BCUT2D eigenvalue weighted by Gasteiger charge is -2.22. The summed E-state index contributed by atoms with van der Waals surface area (Å²) in [7, 11) is 1.98. The average Bonchev–Trinajstić information content (AvgIpc) is 2.78. The summed E-state index contributed by atoms with van der Waals surface area (Å²) in [4.78, 5) is 4.52. The van der Waals surface area contributed by atoms with Crippen LogP contribution in [0.5, 0.6) is 0 Å². The molecule has 104 valence electrons. The van der Waals surface area contributed by atoms with Gasteiger partial charge in [0, 0.05) is 13.1 Å². The Morgan fingerprint density at radius 1 is 1.11 bits per heavy atom. The molecule has 0 aliphatic heterocycles. The Kier molecular flexibility index (Phi) is 3.21.